The first-order valence-electron chi connectivity index (χ1n) is 21.6. The van der Waals surface area contributed by atoms with Crippen molar-refractivity contribution in [3.63, 3.8) is 0 Å². The smallest absolute Gasteiger partial charge is 0.0540 e. The molecule has 0 saturated carbocycles. The van der Waals surface area contributed by atoms with E-state index in [0.29, 0.717) is 0 Å². The van der Waals surface area contributed by atoms with Gasteiger partial charge in [0.2, 0.25) is 0 Å². The van der Waals surface area contributed by atoms with E-state index in [2.05, 4.69) is 255 Å². The van der Waals surface area contributed by atoms with Gasteiger partial charge in [0.1, 0.15) is 0 Å². The summed E-state index contributed by atoms with van der Waals surface area (Å²) < 4.78 is 0. The molecule has 1 nitrogen and oxygen atoms in total. The van der Waals surface area contributed by atoms with Gasteiger partial charge in [0.05, 0.1) is 5.69 Å². The van der Waals surface area contributed by atoms with E-state index in [1.165, 1.54) is 88.7 Å². The SMILES string of the molecule is CC1(C)c2ccccc2-c2c(-c3ccc(N(c4ccc(-c5ccc(-c6ccc7ccccc7c6)cc5)cc4)c4ccccc4-c4cccc(-c5ccccc5)c4)cc3)cccc21. The Kier molecular flexibility index (Phi) is 9.24. The minimum Gasteiger partial charge on any atom is -0.310 e. The first-order valence-corrected chi connectivity index (χ1v) is 21.6. The van der Waals surface area contributed by atoms with Gasteiger partial charge in [0.15, 0.2) is 0 Å². The lowest BCUT2D eigenvalue weighted by Crippen LogP contribution is -2.14. The van der Waals surface area contributed by atoms with E-state index < -0.39 is 0 Å². The summed E-state index contributed by atoms with van der Waals surface area (Å²) in [6.07, 6.45) is 0. The van der Waals surface area contributed by atoms with Crippen molar-refractivity contribution in [2.75, 3.05) is 4.90 Å². The van der Waals surface area contributed by atoms with Crippen LogP contribution in [0, 0.1) is 0 Å². The first kappa shape index (κ1) is 37.3. The van der Waals surface area contributed by atoms with Crippen molar-refractivity contribution in [1.82, 2.24) is 0 Å². The Morgan fingerprint density at radius 1 is 0.290 bits per heavy atom. The molecule has 0 heterocycles. The topological polar surface area (TPSA) is 3.24 Å². The largest absolute Gasteiger partial charge is 0.310 e. The first-order chi connectivity index (χ1) is 30.5. The number of hydrogen-bond donors (Lipinski definition) is 0. The lowest BCUT2D eigenvalue weighted by molar-refractivity contribution is 0.660. The Labute approximate surface area is 364 Å². The molecule has 294 valence electrons. The molecule has 0 spiro atoms. The van der Waals surface area contributed by atoms with E-state index >= 15 is 0 Å². The molecule has 1 aliphatic carbocycles. The molecule has 0 radical (unpaired) electrons. The molecular weight excluding hydrogens is 747 g/mol. The van der Waals surface area contributed by atoms with Gasteiger partial charge in [-0.2, -0.15) is 0 Å². The zero-order valence-corrected chi connectivity index (χ0v) is 35.0. The highest BCUT2D eigenvalue weighted by molar-refractivity contribution is 5.94. The predicted molar refractivity (Wildman–Crippen MR) is 263 cm³/mol. The van der Waals surface area contributed by atoms with Crippen LogP contribution in [0.2, 0.25) is 0 Å². The number of para-hydroxylation sites is 1. The second kappa shape index (κ2) is 15.4. The average Bonchev–Trinajstić information content (AvgIpc) is 3.58. The third-order valence-electron chi connectivity index (χ3n) is 12.9. The highest BCUT2D eigenvalue weighted by atomic mass is 15.1. The monoisotopic (exact) mass is 791 g/mol. The van der Waals surface area contributed by atoms with Crippen LogP contribution < -0.4 is 4.90 Å². The molecule has 0 aromatic heterocycles. The van der Waals surface area contributed by atoms with Crippen molar-refractivity contribution in [2.45, 2.75) is 19.3 Å². The third-order valence-corrected chi connectivity index (χ3v) is 12.9. The van der Waals surface area contributed by atoms with Gasteiger partial charge >= 0.3 is 0 Å². The highest BCUT2D eigenvalue weighted by Gasteiger charge is 2.36. The second-order valence-corrected chi connectivity index (χ2v) is 16.9. The van der Waals surface area contributed by atoms with Gasteiger partial charge in [0, 0.05) is 22.4 Å². The van der Waals surface area contributed by atoms with Crippen LogP contribution in [-0.2, 0) is 5.41 Å². The summed E-state index contributed by atoms with van der Waals surface area (Å²) >= 11 is 0. The van der Waals surface area contributed by atoms with Gasteiger partial charge in [-0.3, -0.25) is 0 Å². The Hall–Kier alpha value is -7.74. The number of anilines is 3. The number of nitrogens with zero attached hydrogens (tertiary/aromatic N) is 1. The summed E-state index contributed by atoms with van der Waals surface area (Å²) in [5, 5.41) is 2.52. The van der Waals surface area contributed by atoms with Gasteiger partial charge < -0.3 is 4.90 Å². The van der Waals surface area contributed by atoms with Crippen LogP contribution in [0.5, 0.6) is 0 Å². The maximum atomic E-state index is 2.41. The average molecular weight is 792 g/mol. The van der Waals surface area contributed by atoms with E-state index in [9.17, 15) is 0 Å². The van der Waals surface area contributed by atoms with Crippen molar-refractivity contribution >= 4 is 27.8 Å². The summed E-state index contributed by atoms with van der Waals surface area (Å²) in [4.78, 5) is 2.41. The van der Waals surface area contributed by atoms with E-state index in [-0.39, 0.29) is 5.41 Å². The van der Waals surface area contributed by atoms with Gasteiger partial charge in [0.25, 0.3) is 0 Å². The standard InChI is InChI=1S/C61H45N/c1-61(2)57-23-10-8-21-56(57)60-55(22-13-24-58(60)61)47-34-38-53(39-35-47)62(59-25-11-9-20-54(59)51-19-12-18-49(41-51)42-14-4-3-5-15-42)52-36-32-45(33-37-52)44-26-28-46(29-27-44)50-31-30-43-16-6-7-17-48(43)40-50/h3-41H,1-2H3. The third kappa shape index (κ3) is 6.60. The van der Waals surface area contributed by atoms with Crippen molar-refractivity contribution in [1.29, 1.82) is 0 Å². The zero-order chi connectivity index (χ0) is 41.6. The predicted octanol–water partition coefficient (Wildman–Crippen LogP) is 17.0. The molecule has 0 fully saturated rings. The van der Waals surface area contributed by atoms with Gasteiger partial charge in [-0.25, -0.2) is 0 Å². The quantitative estimate of drug-likeness (QED) is 0.148. The zero-order valence-electron chi connectivity index (χ0n) is 35.0. The fourth-order valence-electron chi connectivity index (χ4n) is 9.65. The van der Waals surface area contributed by atoms with E-state index in [1.807, 2.05) is 0 Å². The molecule has 0 N–H and O–H groups in total. The molecule has 0 aliphatic heterocycles. The summed E-state index contributed by atoms with van der Waals surface area (Å²) in [7, 11) is 0. The maximum Gasteiger partial charge on any atom is 0.0540 e. The summed E-state index contributed by atoms with van der Waals surface area (Å²) in [6.45, 7) is 4.70. The molecule has 0 unspecified atom stereocenters. The number of rotatable bonds is 8. The fourth-order valence-corrected chi connectivity index (χ4v) is 9.65. The molecule has 0 bridgehead atoms. The molecule has 1 aliphatic rings. The molecule has 0 saturated heterocycles. The van der Waals surface area contributed by atoms with E-state index in [1.54, 1.807) is 0 Å². The fraction of sp³-hybridized carbons (Fsp3) is 0.0492. The lowest BCUT2D eigenvalue weighted by Gasteiger charge is -2.28. The van der Waals surface area contributed by atoms with Crippen LogP contribution in [0.25, 0.3) is 77.5 Å². The van der Waals surface area contributed by atoms with Crippen molar-refractivity contribution in [3.8, 4) is 66.8 Å². The molecule has 0 atom stereocenters. The normalized spacial score (nSPS) is 12.5. The van der Waals surface area contributed by atoms with Gasteiger partial charge in [-0.05, 0) is 126 Å². The van der Waals surface area contributed by atoms with Crippen LogP contribution in [0.4, 0.5) is 17.1 Å². The molecule has 1 heteroatoms. The van der Waals surface area contributed by atoms with Crippen LogP contribution >= 0.6 is 0 Å². The maximum absolute atomic E-state index is 2.41. The van der Waals surface area contributed by atoms with Crippen LogP contribution in [-0.4, -0.2) is 0 Å². The highest BCUT2D eigenvalue weighted by Crippen LogP contribution is 2.52. The lowest BCUT2D eigenvalue weighted by atomic mass is 9.82. The molecule has 10 aromatic rings. The summed E-state index contributed by atoms with van der Waals surface area (Å²) in [6, 6.07) is 86.5. The van der Waals surface area contributed by atoms with Gasteiger partial charge in [-0.15, -0.1) is 0 Å². The number of benzene rings is 10. The van der Waals surface area contributed by atoms with Crippen molar-refractivity contribution < 1.29 is 0 Å². The Morgan fingerprint density at radius 2 is 0.758 bits per heavy atom. The summed E-state index contributed by atoms with van der Waals surface area (Å²) in [5.41, 5.74) is 20.8. The molecule has 62 heavy (non-hydrogen) atoms. The van der Waals surface area contributed by atoms with Gasteiger partial charge in [-0.1, -0.05) is 208 Å². The minimum atomic E-state index is -0.0500. The number of hydrogen-bond acceptors (Lipinski definition) is 1. The van der Waals surface area contributed by atoms with Crippen molar-refractivity contribution in [2.24, 2.45) is 0 Å². The second-order valence-electron chi connectivity index (χ2n) is 16.9. The Bertz CT molecular complexity index is 3230. The molecule has 0 amide bonds. The minimum absolute atomic E-state index is 0.0500. The molecule has 11 rings (SSSR count). The Morgan fingerprint density at radius 3 is 1.50 bits per heavy atom. The summed E-state index contributed by atoms with van der Waals surface area (Å²) in [5.74, 6) is 0. The van der Waals surface area contributed by atoms with Crippen LogP contribution in [0.3, 0.4) is 0 Å². The van der Waals surface area contributed by atoms with E-state index in [4.69, 9.17) is 0 Å². The Balaban J connectivity index is 0.986. The van der Waals surface area contributed by atoms with Crippen LogP contribution in [0.15, 0.2) is 237 Å². The van der Waals surface area contributed by atoms with Crippen molar-refractivity contribution in [3.05, 3.63) is 248 Å². The van der Waals surface area contributed by atoms with E-state index in [0.717, 1.165) is 17.1 Å². The molecule has 10 aromatic carbocycles. The molecular formula is C61H45N. The van der Waals surface area contributed by atoms with Crippen LogP contribution in [0.1, 0.15) is 25.0 Å². The number of fused-ring (bicyclic) bond motifs is 4.